The van der Waals surface area contributed by atoms with Crippen LogP contribution < -0.4 is 10.6 Å². The normalized spacial score (nSPS) is 10.8. The van der Waals surface area contributed by atoms with Crippen LogP contribution in [0.5, 0.6) is 0 Å². The van der Waals surface area contributed by atoms with Crippen LogP contribution in [0.3, 0.4) is 0 Å². The Labute approximate surface area is 94.8 Å². The number of nitrogens with one attached hydrogen (secondary N) is 2. The first kappa shape index (κ1) is 12.6. The van der Waals surface area contributed by atoms with E-state index in [1.54, 1.807) is 0 Å². The monoisotopic (exact) mass is 226 g/mol. The van der Waals surface area contributed by atoms with Gasteiger partial charge in [-0.2, -0.15) is 4.98 Å². The van der Waals surface area contributed by atoms with Crippen molar-refractivity contribution in [3.63, 3.8) is 0 Å². The van der Waals surface area contributed by atoms with E-state index in [0.29, 0.717) is 24.9 Å². The van der Waals surface area contributed by atoms with Gasteiger partial charge >= 0.3 is 0 Å². The fraction of sp³-hybridized carbons (Fsp3) is 0.700. The molecule has 1 rings (SSSR count). The molecule has 1 aromatic heterocycles. The van der Waals surface area contributed by atoms with E-state index >= 15 is 0 Å². The Balaban J connectivity index is 2.42. The maximum Gasteiger partial charge on any atom is 0.292 e. The predicted molar refractivity (Wildman–Crippen MR) is 59.1 cm³/mol. The first-order valence-electron chi connectivity index (χ1n) is 5.47. The van der Waals surface area contributed by atoms with Gasteiger partial charge in [-0.25, -0.2) is 0 Å². The molecule has 0 bridgehead atoms. The van der Waals surface area contributed by atoms with Gasteiger partial charge in [-0.3, -0.25) is 4.79 Å². The van der Waals surface area contributed by atoms with Gasteiger partial charge in [-0.05, 0) is 6.92 Å². The molecule has 1 aromatic rings. The Morgan fingerprint density at radius 3 is 2.88 bits per heavy atom. The van der Waals surface area contributed by atoms with Crippen LogP contribution in [0.2, 0.25) is 0 Å². The fourth-order valence-corrected chi connectivity index (χ4v) is 1.16. The lowest BCUT2D eigenvalue weighted by molar-refractivity contribution is 0.0942. The highest BCUT2D eigenvalue weighted by Gasteiger charge is 2.12. The third kappa shape index (κ3) is 3.98. The summed E-state index contributed by atoms with van der Waals surface area (Å²) in [6, 6.07) is 0.422. The molecule has 6 heteroatoms. The molecule has 0 saturated heterocycles. The van der Waals surface area contributed by atoms with Gasteiger partial charge in [-0.1, -0.05) is 19.0 Å². The quantitative estimate of drug-likeness (QED) is 0.732. The molecule has 0 radical (unpaired) electrons. The van der Waals surface area contributed by atoms with Crippen molar-refractivity contribution in [3.05, 3.63) is 11.7 Å². The standard InChI is InChI=1S/C10H18N4O2/c1-4-11-10(15)9-13-8(16-14-9)5-6-12-7(2)3/h7,12H,4-6H2,1-3H3,(H,11,15). The second-order valence-electron chi connectivity index (χ2n) is 3.73. The first-order chi connectivity index (χ1) is 7.63. The summed E-state index contributed by atoms with van der Waals surface area (Å²) >= 11 is 0. The van der Waals surface area contributed by atoms with Crippen LogP contribution in [0.1, 0.15) is 37.3 Å². The van der Waals surface area contributed by atoms with Crippen LogP contribution in [0.25, 0.3) is 0 Å². The van der Waals surface area contributed by atoms with Crippen molar-refractivity contribution in [2.24, 2.45) is 0 Å². The van der Waals surface area contributed by atoms with Crippen LogP contribution in [0, 0.1) is 0 Å². The number of carbonyl (C=O) groups excluding carboxylic acids is 1. The van der Waals surface area contributed by atoms with E-state index in [9.17, 15) is 4.79 Å². The molecule has 0 unspecified atom stereocenters. The molecule has 0 aliphatic carbocycles. The highest BCUT2D eigenvalue weighted by atomic mass is 16.5. The number of amides is 1. The molecule has 1 heterocycles. The molecule has 0 saturated carbocycles. The minimum atomic E-state index is -0.297. The zero-order valence-electron chi connectivity index (χ0n) is 9.91. The van der Waals surface area contributed by atoms with Crippen LogP contribution in [-0.2, 0) is 6.42 Å². The molecule has 2 N–H and O–H groups in total. The van der Waals surface area contributed by atoms with Crippen molar-refractivity contribution in [2.75, 3.05) is 13.1 Å². The van der Waals surface area contributed by atoms with Crippen molar-refractivity contribution in [1.29, 1.82) is 0 Å². The average Bonchev–Trinajstić information content (AvgIpc) is 2.66. The van der Waals surface area contributed by atoms with Crippen molar-refractivity contribution in [3.8, 4) is 0 Å². The van der Waals surface area contributed by atoms with Gasteiger partial charge < -0.3 is 15.2 Å². The van der Waals surface area contributed by atoms with Crippen molar-refractivity contribution >= 4 is 5.91 Å². The third-order valence-corrected chi connectivity index (χ3v) is 1.90. The van der Waals surface area contributed by atoms with Gasteiger partial charge in [0.1, 0.15) is 0 Å². The van der Waals surface area contributed by atoms with E-state index in [2.05, 4.69) is 34.6 Å². The lowest BCUT2D eigenvalue weighted by Crippen LogP contribution is -2.25. The smallest absolute Gasteiger partial charge is 0.292 e. The summed E-state index contributed by atoms with van der Waals surface area (Å²) in [5, 5.41) is 9.45. The maximum atomic E-state index is 11.3. The van der Waals surface area contributed by atoms with E-state index in [1.165, 1.54) is 0 Å². The Morgan fingerprint density at radius 1 is 1.50 bits per heavy atom. The van der Waals surface area contributed by atoms with Crippen LogP contribution in [0.15, 0.2) is 4.52 Å². The summed E-state index contributed by atoms with van der Waals surface area (Å²) in [6.07, 6.45) is 0.630. The molecular formula is C10H18N4O2. The molecule has 90 valence electrons. The van der Waals surface area contributed by atoms with Gasteiger partial charge in [0.15, 0.2) is 0 Å². The van der Waals surface area contributed by atoms with E-state index in [1.807, 2.05) is 6.92 Å². The summed E-state index contributed by atoms with van der Waals surface area (Å²) in [5.41, 5.74) is 0. The van der Waals surface area contributed by atoms with Crippen molar-refractivity contribution in [2.45, 2.75) is 33.2 Å². The molecule has 16 heavy (non-hydrogen) atoms. The van der Waals surface area contributed by atoms with Crippen LogP contribution in [0.4, 0.5) is 0 Å². The lowest BCUT2D eigenvalue weighted by Gasteiger charge is -2.04. The van der Waals surface area contributed by atoms with Crippen molar-refractivity contribution < 1.29 is 9.32 Å². The van der Waals surface area contributed by atoms with Gasteiger partial charge in [0.05, 0.1) is 0 Å². The molecule has 0 aromatic carbocycles. The topological polar surface area (TPSA) is 80.0 Å². The zero-order valence-corrected chi connectivity index (χ0v) is 9.91. The zero-order chi connectivity index (χ0) is 12.0. The molecule has 0 atom stereocenters. The second-order valence-corrected chi connectivity index (χ2v) is 3.73. The summed E-state index contributed by atoms with van der Waals surface area (Å²) in [6.45, 7) is 7.28. The minimum Gasteiger partial charge on any atom is -0.349 e. The number of hydrogen-bond donors (Lipinski definition) is 2. The van der Waals surface area contributed by atoms with Crippen LogP contribution >= 0.6 is 0 Å². The van der Waals surface area contributed by atoms with E-state index < -0.39 is 0 Å². The van der Waals surface area contributed by atoms with Gasteiger partial charge in [0.25, 0.3) is 11.7 Å². The Morgan fingerprint density at radius 2 is 2.25 bits per heavy atom. The number of nitrogens with zero attached hydrogens (tertiary/aromatic N) is 2. The lowest BCUT2D eigenvalue weighted by atomic mass is 10.3. The highest BCUT2D eigenvalue weighted by Crippen LogP contribution is 1.98. The molecule has 0 spiro atoms. The number of carbonyl (C=O) groups is 1. The van der Waals surface area contributed by atoms with Gasteiger partial charge in [-0.15, -0.1) is 0 Å². The summed E-state index contributed by atoms with van der Waals surface area (Å²) in [4.78, 5) is 15.3. The second kappa shape index (κ2) is 6.22. The third-order valence-electron chi connectivity index (χ3n) is 1.90. The number of aromatic nitrogens is 2. The Hall–Kier alpha value is -1.43. The van der Waals surface area contributed by atoms with Crippen molar-refractivity contribution in [1.82, 2.24) is 20.8 Å². The molecular weight excluding hydrogens is 208 g/mol. The van der Waals surface area contributed by atoms with Gasteiger partial charge in [0.2, 0.25) is 5.89 Å². The number of rotatable bonds is 6. The SMILES string of the molecule is CCNC(=O)c1noc(CCNC(C)C)n1. The predicted octanol–water partition coefficient (Wildman–Crippen LogP) is 0.360. The van der Waals surface area contributed by atoms with E-state index in [4.69, 9.17) is 4.52 Å². The highest BCUT2D eigenvalue weighted by molar-refractivity contribution is 5.90. The fourth-order valence-electron chi connectivity index (χ4n) is 1.16. The Bertz CT molecular complexity index is 335. The maximum absolute atomic E-state index is 11.3. The van der Waals surface area contributed by atoms with E-state index in [0.717, 1.165) is 6.54 Å². The number of hydrogen-bond acceptors (Lipinski definition) is 5. The molecule has 0 fully saturated rings. The largest absolute Gasteiger partial charge is 0.349 e. The molecule has 1 amide bonds. The molecule has 0 aliphatic rings. The molecule has 0 aliphatic heterocycles. The summed E-state index contributed by atoms with van der Waals surface area (Å²) in [5.74, 6) is 0.283. The summed E-state index contributed by atoms with van der Waals surface area (Å²) in [7, 11) is 0. The van der Waals surface area contributed by atoms with Gasteiger partial charge in [0, 0.05) is 25.6 Å². The average molecular weight is 226 g/mol. The van der Waals surface area contributed by atoms with E-state index in [-0.39, 0.29) is 11.7 Å². The molecule has 6 nitrogen and oxygen atoms in total. The minimum absolute atomic E-state index is 0.0985. The van der Waals surface area contributed by atoms with Crippen LogP contribution in [-0.4, -0.2) is 35.2 Å². The summed E-state index contributed by atoms with van der Waals surface area (Å²) < 4.78 is 4.95. The first-order valence-corrected chi connectivity index (χ1v) is 5.47. The Kier molecular flexibility index (Phi) is 4.91.